The van der Waals surface area contributed by atoms with Gasteiger partial charge >= 0.3 is 0 Å². The fourth-order valence-corrected chi connectivity index (χ4v) is 3.73. The van der Waals surface area contributed by atoms with E-state index in [-0.39, 0.29) is 11.6 Å². The minimum atomic E-state index is -0.414. The summed E-state index contributed by atoms with van der Waals surface area (Å²) in [7, 11) is 0. The van der Waals surface area contributed by atoms with Gasteiger partial charge in [0.15, 0.2) is 11.6 Å². The van der Waals surface area contributed by atoms with Crippen molar-refractivity contribution in [1.82, 2.24) is 19.7 Å². The maximum atomic E-state index is 13.5. The van der Waals surface area contributed by atoms with E-state index in [0.29, 0.717) is 23.8 Å². The molecule has 3 heterocycles. The van der Waals surface area contributed by atoms with Gasteiger partial charge in [-0.15, -0.1) is 5.10 Å². The van der Waals surface area contributed by atoms with E-state index in [2.05, 4.69) is 20.4 Å². The number of hydrogen-bond acceptors (Lipinski definition) is 5. The number of hydrogen-bond donors (Lipinski definition) is 1. The molecule has 0 saturated heterocycles. The highest BCUT2D eigenvalue weighted by atomic mass is 19.1. The number of carbonyl (C=O) groups excluding carboxylic acids is 1. The van der Waals surface area contributed by atoms with Gasteiger partial charge in [0, 0.05) is 35.6 Å². The van der Waals surface area contributed by atoms with Crippen molar-refractivity contribution in [2.45, 2.75) is 25.3 Å². The summed E-state index contributed by atoms with van der Waals surface area (Å²) in [6.45, 7) is 0. The predicted molar refractivity (Wildman–Crippen MR) is 97.3 cm³/mol. The van der Waals surface area contributed by atoms with Gasteiger partial charge in [-0.3, -0.25) is 9.78 Å². The van der Waals surface area contributed by atoms with Crippen LogP contribution in [0.15, 0.2) is 60.1 Å². The molecule has 0 saturated carbocycles. The van der Waals surface area contributed by atoms with Crippen LogP contribution in [0.3, 0.4) is 0 Å². The van der Waals surface area contributed by atoms with Crippen LogP contribution in [-0.4, -0.2) is 25.5 Å². The molecule has 1 aliphatic carbocycles. The van der Waals surface area contributed by atoms with E-state index in [9.17, 15) is 9.18 Å². The Hall–Kier alpha value is -3.35. The number of halogens is 1. The fraction of sp³-hybridized carbons (Fsp3) is 0.200. The Kier molecular flexibility index (Phi) is 3.60. The normalized spacial score (nSPS) is 18.7. The lowest BCUT2D eigenvalue weighted by atomic mass is 9.85. The summed E-state index contributed by atoms with van der Waals surface area (Å²) in [6, 6.07) is 9.52. The number of pyridine rings is 1. The number of Topliss-reactive ketones (excluding diaryl/α,β-unsaturated/α-hetero) is 1. The van der Waals surface area contributed by atoms with E-state index in [1.54, 1.807) is 29.2 Å². The molecular weight excluding hydrogens is 345 g/mol. The molecular formula is C20H16FN5O. The predicted octanol–water partition coefficient (Wildman–Crippen LogP) is 3.50. The van der Waals surface area contributed by atoms with Gasteiger partial charge in [-0.2, -0.15) is 4.98 Å². The summed E-state index contributed by atoms with van der Waals surface area (Å²) in [5.74, 6) is 0.899. The first kappa shape index (κ1) is 15.9. The Bertz CT molecular complexity index is 1060. The van der Waals surface area contributed by atoms with Crippen LogP contribution in [-0.2, 0) is 4.79 Å². The summed E-state index contributed by atoms with van der Waals surface area (Å²) in [4.78, 5) is 21.5. The minimum Gasteiger partial charge on any atom is -0.328 e. The summed E-state index contributed by atoms with van der Waals surface area (Å²) in [5.41, 5.74) is 3.19. The van der Waals surface area contributed by atoms with Gasteiger partial charge in [0.25, 0.3) is 0 Å². The van der Waals surface area contributed by atoms with E-state index in [1.807, 2.05) is 12.1 Å². The molecule has 0 spiro atoms. The van der Waals surface area contributed by atoms with E-state index < -0.39 is 6.04 Å². The molecule has 1 unspecified atom stereocenters. The number of nitrogens with zero attached hydrogens (tertiary/aromatic N) is 4. The van der Waals surface area contributed by atoms with Gasteiger partial charge in [-0.1, -0.05) is 12.1 Å². The monoisotopic (exact) mass is 361 g/mol. The number of carbonyl (C=O) groups is 1. The molecule has 0 amide bonds. The van der Waals surface area contributed by atoms with Crippen molar-refractivity contribution in [1.29, 1.82) is 0 Å². The number of nitrogens with one attached hydrogen (secondary N) is 1. The third-order valence-corrected chi connectivity index (χ3v) is 4.97. The third kappa shape index (κ3) is 2.63. The molecule has 0 radical (unpaired) electrons. The van der Waals surface area contributed by atoms with Crippen molar-refractivity contribution in [3.05, 3.63) is 71.4 Å². The molecule has 0 fully saturated rings. The molecule has 134 valence electrons. The Morgan fingerprint density at radius 3 is 2.78 bits per heavy atom. The van der Waals surface area contributed by atoms with Gasteiger partial charge < -0.3 is 5.32 Å². The molecule has 2 aromatic heterocycles. The third-order valence-electron chi connectivity index (χ3n) is 4.97. The number of fused-ring (bicyclic) bond motifs is 1. The van der Waals surface area contributed by atoms with Crippen LogP contribution in [0.1, 0.15) is 30.9 Å². The molecule has 1 aromatic carbocycles. The highest BCUT2D eigenvalue weighted by Crippen LogP contribution is 2.40. The Labute approximate surface area is 154 Å². The van der Waals surface area contributed by atoms with Gasteiger partial charge in [0.1, 0.15) is 11.9 Å². The summed E-state index contributed by atoms with van der Waals surface area (Å²) in [6.07, 6.45) is 5.50. The molecule has 2 aliphatic rings. The minimum absolute atomic E-state index is 0.0992. The first-order valence-corrected chi connectivity index (χ1v) is 8.86. The molecule has 1 N–H and O–H groups in total. The van der Waals surface area contributed by atoms with E-state index >= 15 is 0 Å². The lowest BCUT2D eigenvalue weighted by Gasteiger charge is -2.32. The van der Waals surface area contributed by atoms with Gasteiger partial charge in [-0.25, -0.2) is 9.07 Å². The second kappa shape index (κ2) is 6.12. The fourth-order valence-electron chi connectivity index (χ4n) is 3.73. The first-order valence-electron chi connectivity index (χ1n) is 8.86. The number of benzene rings is 1. The Morgan fingerprint density at radius 2 is 2.00 bits per heavy atom. The van der Waals surface area contributed by atoms with Crippen LogP contribution >= 0.6 is 0 Å². The SMILES string of the molecule is O=C1CCCC2=C1C(c1ccc(F)cc1)n1nc(-c3cccnc3)nc1N2. The van der Waals surface area contributed by atoms with Crippen LogP contribution in [0.5, 0.6) is 0 Å². The van der Waals surface area contributed by atoms with Gasteiger partial charge in [-0.05, 0) is 42.7 Å². The molecule has 1 atom stereocenters. The number of anilines is 1. The number of aromatic nitrogens is 4. The molecule has 7 heteroatoms. The Morgan fingerprint density at radius 1 is 1.15 bits per heavy atom. The van der Waals surface area contributed by atoms with Crippen molar-refractivity contribution in [2.75, 3.05) is 5.32 Å². The largest absolute Gasteiger partial charge is 0.328 e. The van der Waals surface area contributed by atoms with Crippen LogP contribution in [0.2, 0.25) is 0 Å². The molecule has 0 bridgehead atoms. The molecule has 5 rings (SSSR count). The summed E-state index contributed by atoms with van der Waals surface area (Å²) < 4.78 is 15.2. The molecule has 27 heavy (non-hydrogen) atoms. The highest BCUT2D eigenvalue weighted by Gasteiger charge is 2.36. The maximum absolute atomic E-state index is 13.5. The van der Waals surface area contributed by atoms with E-state index in [1.165, 1.54) is 12.1 Å². The summed E-state index contributed by atoms with van der Waals surface area (Å²) >= 11 is 0. The van der Waals surface area contributed by atoms with Crippen molar-refractivity contribution >= 4 is 11.7 Å². The molecule has 3 aromatic rings. The van der Waals surface area contributed by atoms with Crippen LogP contribution in [0.4, 0.5) is 10.3 Å². The summed E-state index contributed by atoms with van der Waals surface area (Å²) in [5, 5.41) is 7.93. The smallest absolute Gasteiger partial charge is 0.226 e. The van der Waals surface area contributed by atoms with Crippen LogP contribution in [0.25, 0.3) is 11.4 Å². The van der Waals surface area contributed by atoms with Crippen LogP contribution in [0, 0.1) is 5.82 Å². The second-order valence-electron chi connectivity index (χ2n) is 6.69. The van der Waals surface area contributed by atoms with Crippen molar-refractivity contribution in [3.63, 3.8) is 0 Å². The zero-order valence-electron chi connectivity index (χ0n) is 14.4. The quantitative estimate of drug-likeness (QED) is 0.756. The lowest BCUT2D eigenvalue weighted by molar-refractivity contribution is -0.116. The number of rotatable bonds is 2. The zero-order valence-corrected chi connectivity index (χ0v) is 14.4. The van der Waals surface area contributed by atoms with E-state index in [0.717, 1.165) is 29.7 Å². The molecule has 6 nitrogen and oxygen atoms in total. The topological polar surface area (TPSA) is 72.7 Å². The van der Waals surface area contributed by atoms with Crippen LogP contribution < -0.4 is 5.32 Å². The van der Waals surface area contributed by atoms with Gasteiger partial charge in [0.2, 0.25) is 5.95 Å². The zero-order chi connectivity index (χ0) is 18.4. The number of ketones is 1. The number of allylic oxidation sites excluding steroid dienone is 2. The highest BCUT2D eigenvalue weighted by molar-refractivity contribution is 5.99. The lowest BCUT2D eigenvalue weighted by Crippen LogP contribution is -2.31. The molecule has 1 aliphatic heterocycles. The van der Waals surface area contributed by atoms with Crippen molar-refractivity contribution < 1.29 is 9.18 Å². The van der Waals surface area contributed by atoms with Gasteiger partial charge in [0.05, 0.1) is 0 Å². The second-order valence-corrected chi connectivity index (χ2v) is 6.69. The first-order chi connectivity index (χ1) is 13.2. The average molecular weight is 361 g/mol. The Balaban J connectivity index is 1.68. The average Bonchev–Trinajstić information content (AvgIpc) is 3.12. The van der Waals surface area contributed by atoms with Crippen molar-refractivity contribution in [2.24, 2.45) is 0 Å². The van der Waals surface area contributed by atoms with E-state index in [4.69, 9.17) is 0 Å². The standard InChI is InChI=1S/C20H16FN5O/c21-14-8-6-12(7-9-14)18-17-15(4-1-5-16(17)27)23-20-24-19(25-26(18)20)13-3-2-10-22-11-13/h2-3,6-11,18H,1,4-5H2,(H,23,24,25). The van der Waals surface area contributed by atoms with Crippen molar-refractivity contribution in [3.8, 4) is 11.4 Å². The maximum Gasteiger partial charge on any atom is 0.226 e.